The molecule has 23 heavy (non-hydrogen) atoms. The van der Waals surface area contributed by atoms with Crippen LogP contribution in [0.1, 0.15) is 19.4 Å². The lowest BCUT2D eigenvalue weighted by Crippen LogP contribution is -2.47. The molecular formula is C17H23N3O3. The highest BCUT2D eigenvalue weighted by molar-refractivity contribution is 5.86. The first-order chi connectivity index (χ1) is 10.8. The molecule has 0 spiro atoms. The molecule has 1 aromatic carbocycles. The van der Waals surface area contributed by atoms with Gasteiger partial charge in [0.15, 0.2) is 0 Å². The normalized spacial score (nSPS) is 12.9. The summed E-state index contributed by atoms with van der Waals surface area (Å²) in [4.78, 5) is 26.9. The minimum atomic E-state index is -0.787. The van der Waals surface area contributed by atoms with Gasteiger partial charge < -0.3 is 20.8 Å². The van der Waals surface area contributed by atoms with Gasteiger partial charge in [0.25, 0.3) is 0 Å². The SMILES string of the molecule is COC(=O)C(C)(C)CNC(=O)[C@@H](N)Cc1c[nH]c2ccccc12. The first kappa shape index (κ1) is 17.0. The number of ether oxygens (including phenoxy) is 1. The van der Waals surface area contributed by atoms with E-state index in [-0.39, 0.29) is 18.4 Å². The van der Waals surface area contributed by atoms with Crippen molar-refractivity contribution >= 4 is 22.8 Å². The molecule has 0 aliphatic rings. The number of aromatic nitrogens is 1. The van der Waals surface area contributed by atoms with Crippen molar-refractivity contribution in [2.75, 3.05) is 13.7 Å². The number of para-hydroxylation sites is 1. The van der Waals surface area contributed by atoms with Gasteiger partial charge in [-0.2, -0.15) is 0 Å². The number of carbonyl (C=O) groups excluding carboxylic acids is 2. The van der Waals surface area contributed by atoms with E-state index in [1.165, 1.54) is 7.11 Å². The second kappa shape index (κ2) is 6.83. The van der Waals surface area contributed by atoms with E-state index in [4.69, 9.17) is 10.5 Å². The number of rotatable bonds is 6. The highest BCUT2D eigenvalue weighted by Gasteiger charge is 2.30. The Morgan fingerprint density at radius 1 is 1.35 bits per heavy atom. The molecule has 0 aliphatic carbocycles. The van der Waals surface area contributed by atoms with E-state index in [2.05, 4.69) is 10.3 Å². The summed E-state index contributed by atoms with van der Waals surface area (Å²) in [5.74, 6) is -0.657. The minimum absolute atomic E-state index is 0.181. The zero-order valence-electron chi connectivity index (χ0n) is 13.7. The molecule has 0 radical (unpaired) electrons. The monoisotopic (exact) mass is 317 g/mol. The minimum Gasteiger partial charge on any atom is -0.469 e. The van der Waals surface area contributed by atoms with Crippen molar-refractivity contribution < 1.29 is 14.3 Å². The van der Waals surface area contributed by atoms with Crippen molar-refractivity contribution in [3.8, 4) is 0 Å². The topological polar surface area (TPSA) is 97.2 Å². The highest BCUT2D eigenvalue weighted by atomic mass is 16.5. The summed E-state index contributed by atoms with van der Waals surface area (Å²) in [6, 6.07) is 7.19. The lowest BCUT2D eigenvalue weighted by atomic mass is 9.93. The molecule has 0 saturated heterocycles. The van der Waals surface area contributed by atoms with E-state index in [1.807, 2.05) is 30.5 Å². The number of hydrogen-bond donors (Lipinski definition) is 3. The van der Waals surface area contributed by atoms with Crippen molar-refractivity contribution in [3.63, 3.8) is 0 Å². The molecule has 0 saturated carbocycles. The summed E-state index contributed by atoms with van der Waals surface area (Å²) in [6.45, 7) is 3.61. The molecule has 1 amide bonds. The Labute approximate surface area is 135 Å². The molecular weight excluding hydrogens is 294 g/mol. The number of hydrogen-bond acceptors (Lipinski definition) is 4. The smallest absolute Gasteiger partial charge is 0.313 e. The number of amides is 1. The second-order valence-electron chi connectivity index (χ2n) is 6.26. The number of benzene rings is 1. The van der Waals surface area contributed by atoms with Crippen LogP contribution in [0.25, 0.3) is 10.9 Å². The van der Waals surface area contributed by atoms with E-state index in [9.17, 15) is 9.59 Å². The average Bonchev–Trinajstić information content (AvgIpc) is 2.95. The molecule has 124 valence electrons. The predicted molar refractivity (Wildman–Crippen MR) is 88.8 cm³/mol. The molecule has 0 bridgehead atoms. The lowest BCUT2D eigenvalue weighted by Gasteiger charge is -2.22. The van der Waals surface area contributed by atoms with E-state index in [0.717, 1.165) is 16.5 Å². The first-order valence-electron chi connectivity index (χ1n) is 7.52. The number of H-pyrrole nitrogens is 1. The largest absolute Gasteiger partial charge is 0.469 e. The number of nitrogens with two attached hydrogens (primary N) is 1. The number of aromatic amines is 1. The summed E-state index contributed by atoms with van der Waals surface area (Å²) >= 11 is 0. The Morgan fingerprint density at radius 2 is 2.04 bits per heavy atom. The fourth-order valence-electron chi connectivity index (χ4n) is 2.42. The Balaban J connectivity index is 1.96. The maximum absolute atomic E-state index is 12.2. The summed E-state index contributed by atoms with van der Waals surface area (Å²) < 4.78 is 4.72. The van der Waals surface area contributed by atoms with Gasteiger partial charge in [0, 0.05) is 23.6 Å². The van der Waals surface area contributed by atoms with E-state index in [1.54, 1.807) is 13.8 Å². The quantitative estimate of drug-likeness (QED) is 0.701. The summed E-state index contributed by atoms with van der Waals surface area (Å²) in [7, 11) is 1.33. The molecule has 0 fully saturated rings. The van der Waals surface area contributed by atoms with Gasteiger partial charge in [-0.05, 0) is 31.9 Å². The van der Waals surface area contributed by atoms with Crippen LogP contribution in [0.3, 0.4) is 0 Å². The van der Waals surface area contributed by atoms with Gasteiger partial charge in [-0.1, -0.05) is 18.2 Å². The number of methoxy groups -OCH3 is 1. The van der Waals surface area contributed by atoms with Crippen molar-refractivity contribution in [2.24, 2.45) is 11.1 Å². The number of esters is 1. The molecule has 1 aromatic heterocycles. The number of fused-ring (bicyclic) bond motifs is 1. The molecule has 1 atom stereocenters. The van der Waals surface area contributed by atoms with Gasteiger partial charge in [0.05, 0.1) is 18.6 Å². The highest BCUT2D eigenvalue weighted by Crippen LogP contribution is 2.19. The summed E-state index contributed by atoms with van der Waals surface area (Å²) in [5.41, 5.74) is 7.22. The Kier molecular flexibility index (Phi) is 5.05. The van der Waals surface area contributed by atoms with Gasteiger partial charge in [0.1, 0.15) is 0 Å². The van der Waals surface area contributed by atoms with Gasteiger partial charge in [-0.15, -0.1) is 0 Å². The van der Waals surface area contributed by atoms with E-state index < -0.39 is 11.5 Å². The zero-order valence-corrected chi connectivity index (χ0v) is 13.7. The molecule has 2 aromatic rings. The van der Waals surface area contributed by atoms with Crippen molar-refractivity contribution in [1.29, 1.82) is 0 Å². The Hall–Kier alpha value is -2.34. The van der Waals surface area contributed by atoms with Crippen molar-refractivity contribution in [2.45, 2.75) is 26.3 Å². The second-order valence-corrected chi connectivity index (χ2v) is 6.26. The van der Waals surface area contributed by atoms with E-state index >= 15 is 0 Å². The van der Waals surface area contributed by atoms with Crippen LogP contribution in [0.5, 0.6) is 0 Å². The predicted octanol–water partition coefficient (Wildman–Crippen LogP) is 1.35. The van der Waals surface area contributed by atoms with Crippen LogP contribution in [-0.4, -0.2) is 36.6 Å². The third kappa shape index (κ3) is 3.90. The molecule has 2 rings (SSSR count). The molecule has 6 nitrogen and oxygen atoms in total. The molecule has 0 unspecified atom stereocenters. The van der Waals surface area contributed by atoms with Crippen LogP contribution in [0, 0.1) is 5.41 Å². The molecule has 4 N–H and O–H groups in total. The third-order valence-electron chi connectivity index (χ3n) is 3.89. The van der Waals surface area contributed by atoms with Gasteiger partial charge >= 0.3 is 5.97 Å². The Bertz CT molecular complexity index is 706. The van der Waals surface area contributed by atoms with Gasteiger partial charge in [-0.3, -0.25) is 9.59 Å². The van der Waals surface area contributed by atoms with Crippen molar-refractivity contribution in [3.05, 3.63) is 36.0 Å². The first-order valence-corrected chi connectivity index (χ1v) is 7.52. The molecule has 6 heteroatoms. The number of carbonyl (C=O) groups is 2. The zero-order chi connectivity index (χ0) is 17.0. The third-order valence-corrected chi connectivity index (χ3v) is 3.89. The fraction of sp³-hybridized carbons (Fsp3) is 0.412. The molecule has 1 heterocycles. The molecule has 0 aliphatic heterocycles. The van der Waals surface area contributed by atoms with Crippen molar-refractivity contribution in [1.82, 2.24) is 10.3 Å². The van der Waals surface area contributed by atoms with E-state index in [0.29, 0.717) is 6.42 Å². The van der Waals surface area contributed by atoms with Crippen LogP contribution in [0.2, 0.25) is 0 Å². The fourth-order valence-corrected chi connectivity index (χ4v) is 2.42. The summed E-state index contributed by atoms with van der Waals surface area (Å²) in [5, 5.41) is 3.78. The maximum atomic E-state index is 12.2. The van der Waals surface area contributed by atoms with Crippen LogP contribution < -0.4 is 11.1 Å². The van der Waals surface area contributed by atoms with Gasteiger partial charge in [-0.25, -0.2) is 0 Å². The number of nitrogens with one attached hydrogen (secondary N) is 2. The van der Waals surface area contributed by atoms with Crippen LogP contribution in [0.15, 0.2) is 30.5 Å². The van der Waals surface area contributed by atoms with Crippen LogP contribution >= 0.6 is 0 Å². The Morgan fingerprint density at radius 3 is 2.74 bits per heavy atom. The lowest BCUT2D eigenvalue weighted by molar-refractivity contribution is -0.150. The maximum Gasteiger partial charge on any atom is 0.313 e. The average molecular weight is 317 g/mol. The van der Waals surface area contributed by atoms with Crippen LogP contribution in [0.4, 0.5) is 0 Å². The summed E-state index contributed by atoms with van der Waals surface area (Å²) in [6.07, 6.45) is 2.30. The van der Waals surface area contributed by atoms with Crippen LogP contribution in [-0.2, 0) is 20.7 Å². The standard InChI is InChI=1S/C17H23N3O3/c1-17(2,16(22)23-3)10-20-15(21)13(18)8-11-9-19-14-7-5-4-6-12(11)14/h4-7,9,13,19H,8,10,18H2,1-3H3,(H,20,21)/t13-/m0/s1. The van der Waals surface area contributed by atoms with Gasteiger partial charge in [0.2, 0.25) is 5.91 Å².